The van der Waals surface area contributed by atoms with Gasteiger partial charge < -0.3 is 4.90 Å². The first-order valence-electron chi connectivity index (χ1n) is 18.4. The van der Waals surface area contributed by atoms with Crippen LogP contribution >= 0.6 is 0 Å². The summed E-state index contributed by atoms with van der Waals surface area (Å²) in [4.78, 5) is 7.45. The molecule has 1 aromatic heterocycles. The van der Waals surface area contributed by atoms with Crippen LogP contribution in [0.4, 0.5) is 17.1 Å². The highest BCUT2D eigenvalue weighted by Gasteiger charge is 2.19. The third-order valence-corrected chi connectivity index (χ3v) is 10.4. The van der Waals surface area contributed by atoms with E-state index in [-0.39, 0.29) is 0 Å². The first kappa shape index (κ1) is 31.5. The second-order valence-electron chi connectivity index (χ2n) is 13.6. The summed E-state index contributed by atoms with van der Waals surface area (Å²) in [6.45, 7) is 0. The molecular weight excluding hydrogens is 655 g/mol. The summed E-state index contributed by atoms with van der Waals surface area (Å²) >= 11 is 0. The third-order valence-electron chi connectivity index (χ3n) is 10.4. The molecule has 0 fully saturated rings. The van der Waals surface area contributed by atoms with Crippen LogP contribution in [0.15, 0.2) is 212 Å². The molecular formula is C51H35N3. The van der Waals surface area contributed by atoms with Gasteiger partial charge >= 0.3 is 0 Å². The molecule has 54 heavy (non-hydrogen) atoms. The predicted octanol–water partition coefficient (Wildman–Crippen LogP) is 13.8. The normalized spacial score (nSPS) is 11.3. The highest BCUT2D eigenvalue weighted by atomic mass is 15.1. The molecule has 0 aliphatic carbocycles. The van der Waals surface area contributed by atoms with Gasteiger partial charge in [-0.2, -0.15) is 0 Å². The maximum absolute atomic E-state index is 5.09. The molecule has 10 rings (SSSR count). The summed E-state index contributed by atoms with van der Waals surface area (Å²) in [5, 5.41) is 4.87. The van der Waals surface area contributed by atoms with Crippen molar-refractivity contribution < 1.29 is 0 Å². The van der Waals surface area contributed by atoms with Crippen LogP contribution in [0.3, 0.4) is 0 Å². The summed E-state index contributed by atoms with van der Waals surface area (Å²) in [6, 6.07) is 75.7. The second kappa shape index (κ2) is 13.4. The van der Waals surface area contributed by atoms with E-state index in [4.69, 9.17) is 4.98 Å². The maximum Gasteiger partial charge on any atom is 0.145 e. The van der Waals surface area contributed by atoms with Crippen molar-refractivity contribution in [3.8, 4) is 39.3 Å². The maximum atomic E-state index is 5.09. The predicted molar refractivity (Wildman–Crippen MR) is 227 cm³/mol. The smallest absolute Gasteiger partial charge is 0.145 e. The number of fused-ring (bicyclic) bond motifs is 3. The number of rotatable bonds is 7. The number of hydrogen-bond donors (Lipinski definition) is 0. The van der Waals surface area contributed by atoms with Crippen LogP contribution in [0.25, 0.3) is 71.9 Å². The molecule has 0 aliphatic heterocycles. The molecule has 0 saturated carbocycles. The van der Waals surface area contributed by atoms with Gasteiger partial charge in [0, 0.05) is 28.0 Å². The van der Waals surface area contributed by atoms with E-state index in [0.717, 1.165) is 45.2 Å². The minimum Gasteiger partial charge on any atom is -0.310 e. The summed E-state index contributed by atoms with van der Waals surface area (Å²) in [7, 11) is 0. The summed E-state index contributed by atoms with van der Waals surface area (Å²) in [6.07, 6.45) is 0. The zero-order chi connectivity index (χ0) is 35.8. The van der Waals surface area contributed by atoms with E-state index in [2.05, 4.69) is 216 Å². The SMILES string of the molecule is c1ccc(N(c2ccccc2)c2ccc(-c3ccc(-c4ccc(-c5nc6ccccc6n5-c5ccccc5)cc4)c4ccccc34)c3ccccc23)cc1. The first-order chi connectivity index (χ1) is 26.8. The topological polar surface area (TPSA) is 21.1 Å². The van der Waals surface area contributed by atoms with Crippen LogP contribution in [0.1, 0.15) is 0 Å². The van der Waals surface area contributed by atoms with Gasteiger partial charge in [-0.3, -0.25) is 4.57 Å². The lowest BCUT2D eigenvalue weighted by atomic mass is 9.89. The van der Waals surface area contributed by atoms with Crippen LogP contribution < -0.4 is 4.90 Å². The largest absolute Gasteiger partial charge is 0.310 e. The molecule has 1 heterocycles. The van der Waals surface area contributed by atoms with Crippen molar-refractivity contribution >= 4 is 49.6 Å². The van der Waals surface area contributed by atoms with Crippen LogP contribution in [-0.4, -0.2) is 9.55 Å². The van der Waals surface area contributed by atoms with E-state index in [1.165, 1.54) is 43.8 Å². The highest BCUT2D eigenvalue weighted by Crippen LogP contribution is 2.44. The Morgan fingerprint density at radius 2 is 0.815 bits per heavy atom. The molecule has 9 aromatic carbocycles. The van der Waals surface area contributed by atoms with Gasteiger partial charge in [0.2, 0.25) is 0 Å². The van der Waals surface area contributed by atoms with E-state index in [0.29, 0.717) is 0 Å². The van der Waals surface area contributed by atoms with Gasteiger partial charge in [-0.15, -0.1) is 0 Å². The van der Waals surface area contributed by atoms with Crippen LogP contribution in [-0.2, 0) is 0 Å². The fraction of sp³-hybridized carbons (Fsp3) is 0. The number of nitrogens with zero attached hydrogens (tertiary/aromatic N) is 3. The van der Waals surface area contributed by atoms with Gasteiger partial charge in [0.05, 0.1) is 16.7 Å². The number of anilines is 3. The molecule has 0 radical (unpaired) electrons. The van der Waals surface area contributed by atoms with Crippen molar-refractivity contribution in [1.82, 2.24) is 9.55 Å². The number of aromatic nitrogens is 2. The third kappa shape index (κ3) is 5.42. The molecule has 0 unspecified atom stereocenters. The number of imidazole rings is 1. The molecule has 0 amide bonds. The molecule has 0 spiro atoms. The van der Waals surface area contributed by atoms with Crippen LogP contribution in [0, 0.1) is 0 Å². The Labute approximate surface area is 314 Å². The van der Waals surface area contributed by atoms with Crippen molar-refractivity contribution in [2.45, 2.75) is 0 Å². The molecule has 0 atom stereocenters. The zero-order valence-corrected chi connectivity index (χ0v) is 29.5. The molecule has 0 N–H and O–H groups in total. The van der Waals surface area contributed by atoms with Gasteiger partial charge in [-0.1, -0.05) is 158 Å². The van der Waals surface area contributed by atoms with Crippen LogP contribution in [0.5, 0.6) is 0 Å². The minimum absolute atomic E-state index is 0.933. The van der Waals surface area contributed by atoms with E-state index < -0.39 is 0 Å². The Morgan fingerprint density at radius 1 is 0.352 bits per heavy atom. The standard InChI is InChI=1S/C51H35N3/c1-4-16-38(17-5-1)53(39-18-6-2-7-19-39)49-35-34-46(44-24-12-13-25-47(44)49)45-33-32-41(42-22-10-11-23-43(42)45)36-28-30-37(31-29-36)51-52-48-26-14-15-27-50(48)54(51)40-20-8-3-9-21-40/h1-35H. The lowest BCUT2D eigenvalue weighted by Crippen LogP contribution is -2.10. The Balaban J connectivity index is 1.08. The van der Waals surface area contributed by atoms with Gasteiger partial charge in [0.15, 0.2) is 0 Å². The molecule has 3 nitrogen and oxygen atoms in total. The quantitative estimate of drug-likeness (QED) is 0.166. The van der Waals surface area contributed by atoms with Gasteiger partial charge in [-0.05, 0) is 93.0 Å². The molecule has 3 heteroatoms. The van der Waals surface area contributed by atoms with Crippen molar-refractivity contribution in [1.29, 1.82) is 0 Å². The average molecular weight is 690 g/mol. The van der Waals surface area contributed by atoms with E-state index in [1.807, 2.05) is 6.07 Å². The van der Waals surface area contributed by atoms with Gasteiger partial charge in [-0.25, -0.2) is 4.98 Å². The number of benzene rings is 9. The fourth-order valence-electron chi connectivity index (χ4n) is 7.94. The van der Waals surface area contributed by atoms with Crippen molar-refractivity contribution in [2.75, 3.05) is 4.90 Å². The first-order valence-corrected chi connectivity index (χ1v) is 18.4. The van der Waals surface area contributed by atoms with Crippen LogP contribution in [0.2, 0.25) is 0 Å². The van der Waals surface area contributed by atoms with Crippen molar-refractivity contribution in [3.05, 3.63) is 212 Å². The molecule has 0 aliphatic rings. The van der Waals surface area contributed by atoms with E-state index >= 15 is 0 Å². The zero-order valence-electron chi connectivity index (χ0n) is 29.5. The molecule has 10 aromatic rings. The molecule has 254 valence electrons. The number of hydrogen-bond acceptors (Lipinski definition) is 2. The lowest BCUT2D eigenvalue weighted by Gasteiger charge is -2.27. The summed E-state index contributed by atoms with van der Waals surface area (Å²) < 4.78 is 2.25. The average Bonchev–Trinajstić information content (AvgIpc) is 3.65. The highest BCUT2D eigenvalue weighted by molar-refractivity contribution is 6.12. The monoisotopic (exact) mass is 689 g/mol. The Morgan fingerprint density at radius 3 is 1.46 bits per heavy atom. The number of para-hydroxylation sites is 5. The van der Waals surface area contributed by atoms with Gasteiger partial charge in [0.1, 0.15) is 5.82 Å². The molecule has 0 bridgehead atoms. The van der Waals surface area contributed by atoms with E-state index in [1.54, 1.807) is 0 Å². The summed E-state index contributed by atoms with van der Waals surface area (Å²) in [5.41, 5.74) is 12.5. The Hall–Kier alpha value is -7.23. The minimum atomic E-state index is 0.933. The fourth-order valence-corrected chi connectivity index (χ4v) is 7.94. The Kier molecular flexibility index (Phi) is 7.81. The lowest BCUT2D eigenvalue weighted by molar-refractivity contribution is 1.10. The van der Waals surface area contributed by atoms with Gasteiger partial charge in [0.25, 0.3) is 0 Å². The Bertz CT molecular complexity index is 2870. The van der Waals surface area contributed by atoms with E-state index in [9.17, 15) is 0 Å². The second-order valence-corrected chi connectivity index (χ2v) is 13.6. The van der Waals surface area contributed by atoms with Crippen molar-refractivity contribution in [3.63, 3.8) is 0 Å². The summed E-state index contributed by atoms with van der Waals surface area (Å²) in [5.74, 6) is 0.933. The van der Waals surface area contributed by atoms with Crippen molar-refractivity contribution in [2.24, 2.45) is 0 Å². The molecule has 0 saturated heterocycles.